The van der Waals surface area contributed by atoms with Gasteiger partial charge in [-0.1, -0.05) is 71.7 Å². The molecule has 9 heteroatoms. The number of carbonyl (C=O) groups is 3. The average molecular weight is 485 g/mol. The summed E-state index contributed by atoms with van der Waals surface area (Å²) in [6.45, 7) is -0.331. The van der Waals surface area contributed by atoms with Crippen molar-refractivity contribution in [3.8, 4) is 11.1 Å². The number of anilines is 1. The van der Waals surface area contributed by atoms with Crippen molar-refractivity contribution in [2.45, 2.75) is 5.92 Å². The van der Waals surface area contributed by atoms with E-state index in [1.807, 2.05) is 48.5 Å². The van der Waals surface area contributed by atoms with E-state index in [0.29, 0.717) is 0 Å². The fraction of sp³-hybridized carbons (Fsp3) is 0.125. The summed E-state index contributed by atoms with van der Waals surface area (Å²) in [6.07, 6.45) is -0.771. The minimum atomic E-state index is -1.31. The second kappa shape index (κ2) is 9.52. The lowest BCUT2D eigenvalue weighted by molar-refractivity contribution is -0.115. The Hall–Kier alpha value is -3.55. The number of benzene rings is 3. The van der Waals surface area contributed by atoms with Crippen LogP contribution in [0.4, 0.5) is 10.5 Å². The van der Waals surface area contributed by atoms with Crippen LogP contribution < -0.4 is 10.6 Å². The van der Waals surface area contributed by atoms with Gasteiger partial charge in [-0.15, -0.1) is 0 Å². The number of halogens is 2. The van der Waals surface area contributed by atoms with Crippen LogP contribution in [0.5, 0.6) is 0 Å². The normalized spacial score (nSPS) is 11.9. The maximum atomic E-state index is 12.3. The number of fused-ring (bicyclic) bond motifs is 3. The Bertz CT molecular complexity index is 1220. The lowest BCUT2D eigenvalue weighted by Crippen LogP contribution is -2.34. The molecular formula is C24H18Cl2N2O5. The van der Waals surface area contributed by atoms with Gasteiger partial charge in [0, 0.05) is 10.9 Å². The van der Waals surface area contributed by atoms with E-state index in [2.05, 4.69) is 10.6 Å². The Labute approximate surface area is 199 Å². The third-order valence-electron chi connectivity index (χ3n) is 5.29. The number of carbonyl (C=O) groups excluding carboxylic acids is 2. The van der Waals surface area contributed by atoms with Crippen LogP contribution in [0.25, 0.3) is 11.1 Å². The number of carboxylic acid groups (broad SMARTS) is 1. The van der Waals surface area contributed by atoms with Crippen molar-refractivity contribution >= 4 is 46.9 Å². The monoisotopic (exact) mass is 484 g/mol. The topological polar surface area (TPSA) is 105 Å². The molecule has 0 heterocycles. The van der Waals surface area contributed by atoms with E-state index in [4.69, 9.17) is 27.9 Å². The van der Waals surface area contributed by atoms with Crippen molar-refractivity contribution in [2.24, 2.45) is 0 Å². The maximum absolute atomic E-state index is 12.3. The zero-order chi connectivity index (χ0) is 23.5. The van der Waals surface area contributed by atoms with Gasteiger partial charge in [-0.25, -0.2) is 9.59 Å². The van der Waals surface area contributed by atoms with Gasteiger partial charge in [-0.05, 0) is 34.4 Å². The number of carboxylic acids is 1. The zero-order valence-electron chi connectivity index (χ0n) is 17.1. The van der Waals surface area contributed by atoms with Gasteiger partial charge in [0.05, 0.1) is 16.3 Å². The Balaban J connectivity index is 1.36. The summed E-state index contributed by atoms with van der Waals surface area (Å²) in [4.78, 5) is 35.9. The van der Waals surface area contributed by atoms with Crippen molar-refractivity contribution in [3.63, 3.8) is 0 Å². The molecule has 0 radical (unpaired) electrons. The van der Waals surface area contributed by atoms with Crippen LogP contribution in [0.3, 0.4) is 0 Å². The first-order valence-corrected chi connectivity index (χ1v) is 10.7. The molecule has 4 rings (SSSR count). The molecule has 0 spiro atoms. The van der Waals surface area contributed by atoms with Gasteiger partial charge < -0.3 is 20.5 Å². The molecule has 0 unspecified atom stereocenters. The molecule has 0 saturated heterocycles. The van der Waals surface area contributed by atoms with E-state index in [9.17, 15) is 19.5 Å². The number of alkyl carbamates (subject to hydrolysis) is 1. The van der Waals surface area contributed by atoms with Gasteiger partial charge in [-0.2, -0.15) is 0 Å². The predicted octanol–water partition coefficient (Wildman–Crippen LogP) is 5.17. The van der Waals surface area contributed by atoms with E-state index >= 15 is 0 Å². The SMILES string of the molecule is O=C(CNC(=O)OCC1c2ccccc2-c2ccccc21)Nc1c(Cl)cc(Cl)cc1C(=O)O. The summed E-state index contributed by atoms with van der Waals surface area (Å²) in [6, 6.07) is 18.4. The second-order valence-corrected chi connectivity index (χ2v) is 8.19. The summed E-state index contributed by atoms with van der Waals surface area (Å²) < 4.78 is 5.37. The maximum Gasteiger partial charge on any atom is 0.407 e. The zero-order valence-corrected chi connectivity index (χ0v) is 18.6. The van der Waals surface area contributed by atoms with E-state index in [1.165, 1.54) is 12.1 Å². The largest absolute Gasteiger partial charge is 0.478 e. The number of hydrogen-bond acceptors (Lipinski definition) is 4. The molecule has 33 heavy (non-hydrogen) atoms. The minimum Gasteiger partial charge on any atom is -0.478 e. The van der Waals surface area contributed by atoms with E-state index < -0.39 is 24.5 Å². The van der Waals surface area contributed by atoms with Crippen molar-refractivity contribution in [3.05, 3.63) is 87.4 Å². The summed E-state index contributed by atoms with van der Waals surface area (Å²) in [5.74, 6) is -2.09. The van der Waals surface area contributed by atoms with Crippen molar-refractivity contribution in [1.82, 2.24) is 5.32 Å². The number of nitrogens with one attached hydrogen (secondary N) is 2. The first-order valence-electron chi connectivity index (χ1n) is 9.96. The summed E-state index contributed by atoms with van der Waals surface area (Å²) in [5, 5.41) is 14.1. The van der Waals surface area contributed by atoms with Crippen LogP contribution in [-0.2, 0) is 9.53 Å². The molecule has 168 valence electrons. The third-order valence-corrected chi connectivity index (χ3v) is 5.80. The molecule has 3 N–H and O–H groups in total. The Morgan fingerprint density at radius 3 is 2.15 bits per heavy atom. The molecule has 3 aromatic rings. The van der Waals surface area contributed by atoms with Crippen molar-refractivity contribution in [2.75, 3.05) is 18.5 Å². The van der Waals surface area contributed by atoms with E-state index in [1.54, 1.807) is 0 Å². The van der Waals surface area contributed by atoms with Gasteiger partial charge in [0.2, 0.25) is 5.91 Å². The highest BCUT2D eigenvalue weighted by molar-refractivity contribution is 6.37. The van der Waals surface area contributed by atoms with Crippen LogP contribution in [0.1, 0.15) is 27.4 Å². The molecule has 0 aliphatic heterocycles. The fourth-order valence-corrected chi connectivity index (χ4v) is 4.40. The van der Waals surface area contributed by atoms with Crippen LogP contribution in [0, 0.1) is 0 Å². The summed E-state index contributed by atoms with van der Waals surface area (Å²) in [5.41, 5.74) is 3.99. The average Bonchev–Trinajstić information content (AvgIpc) is 3.11. The van der Waals surface area contributed by atoms with Crippen LogP contribution >= 0.6 is 23.2 Å². The number of rotatable bonds is 6. The fourth-order valence-electron chi connectivity index (χ4n) is 3.85. The number of aromatic carboxylic acids is 1. The van der Waals surface area contributed by atoms with Gasteiger partial charge in [-0.3, -0.25) is 4.79 Å². The van der Waals surface area contributed by atoms with Crippen LogP contribution in [0.2, 0.25) is 10.0 Å². The minimum absolute atomic E-state index is 0.0330. The molecule has 0 saturated carbocycles. The first kappa shape index (κ1) is 22.6. The van der Waals surface area contributed by atoms with E-state index in [-0.39, 0.29) is 33.8 Å². The highest BCUT2D eigenvalue weighted by Gasteiger charge is 2.29. The molecular weight excluding hydrogens is 467 g/mol. The molecule has 7 nitrogen and oxygen atoms in total. The van der Waals surface area contributed by atoms with Gasteiger partial charge in [0.15, 0.2) is 0 Å². The quantitative estimate of drug-likeness (QED) is 0.447. The smallest absolute Gasteiger partial charge is 0.407 e. The summed E-state index contributed by atoms with van der Waals surface area (Å²) in [7, 11) is 0. The van der Waals surface area contributed by atoms with Crippen molar-refractivity contribution in [1.29, 1.82) is 0 Å². The standard InChI is InChI=1S/C24H18Cl2N2O5/c25-13-9-18(23(30)31)22(20(26)10-13)28-21(29)11-27-24(32)33-12-19-16-7-3-1-5-14(16)15-6-2-4-8-17(15)19/h1-10,19H,11-12H2,(H,27,32)(H,28,29)(H,30,31). The molecule has 1 aliphatic carbocycles. The van der Waals surface area contributed by atoms with Crippen LogP contribution in [-0.4, -0.2) is 36.2 Å². The molecule has 2 amide bonds. The third kappa shape index (κ3) is 4.79. The van der Waals surface area contributed by atoms with Crippen molar-refractivity contribution < 1.29 is 24.2 Å². The molecule has 0 atom stereocenters. The number of hydrogen-bond donors (Lipinski definition) is 3. The molecule has 0 bridgehead atoms. The first-order chi connectivity index (χ1) is 15.8. The second-order valence-electron chi connectivity index (χ2n) is 7.34. The van der Waals surface area contributed by atoms with Crippen LogP contribution in [0.15, 0.2) is 60.7 Å². The van der Waals surface area contributed by atoms with Gasteiger partial charge >= 0.3 is 12.1 Å². The van der Waals surface area contributed by atoms with E-state index in [0.717, 1.165) is 22.3 Å². The predicted molar refractivity (Wildman–Crippen MR) is 125 cm³/mol. The highest BCUT2D eigenvalue weighted by Crippen LogP contribution is 2.44. The Kier molecular flexibility index (Phi) is 6.53. The lowest BCUT2D eigenvalue weighted by Gasteiger charge is -2.15. The lowest BCUT2D eigenvalue weighted by atomic mass is 9.98. The molecule has 1 aliphatic rings. The van der Waals surface area contributed by atoms with Gasteiger partial charge in [0.25, 0.3) is 0 Å². The molecule has 0 aromatic heterocycles. The Morgan fingerprint density at radius 1 is 0.939 bits per heavy atom. The van der Waals surface area contributed by atoms with Gasteiger partial charge in [0.1, 0.15) is 13.2 Å². The number of ether oxygens (including phenoxy) is 1. The Morgan fingerprint density at radius 2 is 1.55 bits per heavy atom. The molecule has 0 fully saturated rings. The number of amides is 2. The summed E-state index contributed by atoms with van der Waals surface area (Å²) >= 11 is 11.8. The highest BCUT2D eigenvalue weighted by atomic mass is 35.5. The molecule has 3 aromatic carbocycles.